The zero-order chi connectivity index (χ0) is 14.6. The summed E-state index contributed by atoms with van der Waals surface area (Å²) in [6.07, 6.45) is 0. The van der Waals surface area contributed by atoms with Crippen molar-refractivity contribution in [2.24, 2.45) is 0 Å². The monoisotopic (exact) mass is 306 g/mol. The van der Waals surface area contributed by atoms with Gasteiger partial charge >= 0.3 is 0 Å². The van der Waals surface area contributed by atoms with E-state index >= 15 is 0 Å². The molecule has 0 amide bonds. The van der Waals surface area contributed by atoms with Crippen molar-refractivity contribution in [2.45, 2.75) is 0 Å². The van der Waals surface area contributed by atoms with Crippen LogP contribution in [0.1, 0.15) is 0 Å². The van der Waals surface area contributed by atoms with Crippen molar-refractivity contribution >= 4 is 34.0 Å². The van der Waals surface area contributed by atoms with Gasteiger partial charge in [-0.25, -0.2) is 0 Å². The molecule has 3 rings (SSSR count). The van der Waals surface area contributed by atoms with E-state index in [1.54, 1.807) is 0 Å². The van der Waals surface area contributed by atoms with Gasteiger partial charge in [-0.3, -0.25) is 19.2 Å². The zero-order valence-electron chi connectivity index (χ0n) is 9.70. The highest BCUT2D eigenvalue weighted by molar-refractivity contribution is 6.40. The maximum atomic E-state index is 12.4. The Bertz CT molecular complexity index is 1050. The van der Waals surface area contributed by atoms with E-state index in [-0.39, 0.29) is 20.8 Å². The van der Waals surface area contributed by atoms with Gasteiger partial charge in [-0.05, 0) is 24.3 Å². The van der Waals surface area contributed by atoms with Crippen LogP contribution in [0.15, 0.2) is 43.4 Å². The molecule has 0 radical (unpaired) electrons. The Morgan fingerprint density at radius 2 is 0.950 bits per heavy atom. The van der Waals surface area contributed by atoms with Crippen molar-refractivity contribution < 1.29 is 0 Å². The second-order valence-corrected chi connectivity index (χ2v) is 5.06. The van der Waals surface area contributed by atoms with Crippen LogP contribution < -0.4 is 21.7 Å². The van der Waals surface area contributed by atoms with Crippen LogP contribution in [0.25, 0.3) is 10.8 Å². The summed E-state index contributed by atoms with van der Waals surface area (Å²) in [6.45, 7) is 0. The van der Waals surface area contributed by atoms with Gasteiger partial charge in [0, 0.05) is 0 Å². The summed E-state index contributed by atoms with van der Waals surface area (Å²) < 4.78 is 0. The van der Waals surface area contributed by atoms with Crippen LogP contribution >= 0.6 is 23.2 Å². The summed E-state index contributed by atoms with van der Waals surface area (Å²) >= 11 is 11.8. The molecule has 6 heteroatoms. The summed E-state index contributed by atoms with van der Waals surface area (Å²) in [5.74, 6) is 0. The average Bonchev–Trinajstić information content (AvgIpc) is 2.41. The molecule has 0 saturated carbocycles. The van der Waals surface area contributed by atoms with Crippen LogP contribution in [0.5, 0.6) is 0 Å². The predicted molar refractivity (Wildman–Crippen MR) is 76.7 cm³/mol. The minimum absolute atomic E-state index is 0.0177. The minimum atomic E-state index is -0.746. The molecule has 0 aliphatic heterocycles. The highest BCUT2D eigenvalue weighted by Crippen LogP contribution is 2.24. The lowest BCUT2D eigenvalue weighted by molar-refractivity contribution is 1.31. The van der Waals surface area contributed by atoms with Crippen molar-refractivity contribution in [2.75, 3.05) is 0 Å². The van der Waals surface area contributed by atoms with Crippen molar-refractivity contribution in [3.05, 3.63) is 85.6 Å². The van der Waals surface area contributed by atoms with Crippen molar-refractivity contribution in [3.63, 3.8) is 0 Å². The Labute approximate surface area is 120 Å². The van der Waals surface area contributed by atoms with E-state index in [0.717, 1.165) is 12.1 Å². The summed E-state index contributed by atoms with van der Waals surface area (Å²) in [4.78, 5) is 48.3. The quantitative estimate of drug-likeness (QED) is 0.625. The second-order valence-electron chi connectivity index (χ2n) is 4.25. The fourth-order valence-corrected chi connectivity index (χ4v) is 2.75. The van der Waals surface area contributed by atoms with E-state index in [4.69, 9.17) is 23.2 Å². The third-order valence-corrected chi connectivity index (χ3v) is 3.77. The lowest BCUT2D eigenvalue weighted by atomic mass is 10.0. The van der Waals surface area contributed by atoms with Crippen LogP contribution in [0.4, 0.5) is 0 Å². The van der Waals surface area contributed by atoms with E-state index in [0.29, 0.717) is 0 Å². The van der Waals surface area contributed by atoms with Gasteiger partial charge in [-0.2, -0.15) is 0 Å². The molecule has 0 N–H and O–H groups in total. The molecule has 1 aromatic carbocycles. The van der Waals surface area contributed by atoms with Crippen LogP contribution in [0.3, 0.4) is 0 Å². The van der Waals surface area contributed by atoms with Gasteiger partial charge in [0.15, 0.2) is 21.7 Å². The molecule has 0 saturated heterocycles. The van der Waals surface area contributed by atoms with Crippen LogP contribution in [0, 0.1) is 10.4 Å². The van der Waals surface area contributed by atoms with Crippen LogP contribution in [-0.4, -0.2) is 0 Å². The fourth-order valence-electron chi connectivity index (χ4n) is 2.26. The first kappa shape index (κ1) is 13.0. The predicted octanol–water partition coefficient (Wildman–Crippen LogP) is 1.19. The first-order chi connectivity index (χ1) is 9.43. The summed E-state index contributed by atoms with van der Waals surface area (Å²) in [5, 5.41) is -1.08. The molecule has 0 unspecified atom stereocenters. The number of hydrogen-bond acceptors (Lipinski definition) is 4. The lowest BCUT2D eigenvalue weighted by Gasteiger charge is -2.01. The van der Waals surface area contributed by atoms with E-state index in [1.165, 1.54) is 12.1 Å². The molecule has 0 atom stereocenters. The van der Waals surface area contributed by atoms with Gasteiger partial charge in [0.1, 0.15) is 0 Å². The first-order valence-electron chi connectivity index (χ1n) is 5.52. The first-order valence-corrected chi connectivity index (χ1v) is 6.27. The molecule has 0 fully saturated rings. The highest BCUT2D eigenvalue weighted by atomic mass is 35.5. The molecule has 0 spiro atoms. The molecule has 4 nitrogen and oxygen atoms in total. The SMILES string of the molecule is O=c1ccc(=O)c2c(=O)c3c(Cl)ccc(Cl)c3c(=O)c1=2. The van der Waals surface area contributed by atoms with E-state index in [2.05, 4.69) is 0 Å². The molecule has 2 aliphatic carbocycles. The molecule has 1 aromatic rings. The Balaban J connectivity index is 3.03. The smallest absolute Gasteiger partial charge is 0.200 e. The Morgan fingerprint density at radius 3 is 1.30 bits per heavy atom. The summed E-state index contributed by atoms with van der Waals surface area (Å²) in [7, 11) is 0. The number of hydrogen-bond donors (Lipinski definition) is 0. The van der Waals surface area contributed by atoms with Gasteiger partial charge < -0.3 is 0 Å². The van der Waals surface area contributed by atoms with Crippen molar-refractivity contribution in [3.8, 4) is 0 Å². The molecule has 98 valence electrons. The molecule has 2 aliphatic rings. The molecule has 0 bridgehead atoms. The average molecular weight is 307 g/mol. The largest absolute Gasteiger partial charge is 0.289 e. The number of fused-ring (bicyclic) bond motifs is 1. The van der Waals surface area contributed by atoms with Gasteiger partial charge in [0.05, 0.1) is 31.3 Å². The Hall–Kier alpha value is -2.04. The third kappa shape index (κ3) is 1.55. The standard InChI is InChI=1S/C14H4Cl2O4/c15-5-1-2-6(16)10-9(5)13(19)11-7(17)3-4-8(18)12(11)14(10)20/h1-4H. The van der Waals surface area contributed by atoms with Crippen LogP contribution in [-0.2, 0) is 0 Å². The van der Waals surface area contributed by atoms with Crippen LogP contribution in [0.2, 0.25) is 10.0 Å². The van der Waals surface area contributed by atoms with Gasteiger partial charge in [-0.1, -0.05) is 23.2 Å². The minimum Gasteiger partial charge on any atom is -0.289 e. The third-order valence-electron chi connectivity index (χ3n) is 3.14. The van der Waals surface area contributed by atoms with Gasteiger partial charge in [0.2, 0.25) is 0 Å². The Kier molecular flexibility index (Phi) is 2.74. The van der Waals surface area contributed by atoms with Crippen molar-refractivity contribution in [1.29, 1.82) is 0 Å². The van der Waals surface area contributed by atoms with Crippen molar-refractivity contribution in [1.82, 2.24) is 0 Å². The molecular formula is C14H4Cl2O4. The highest BCUT2D eigenvalue weighted by Gasteiger charge is 2.16. The normalized spacial score (nSPS) is 11.3. The number of halogens is 2. The topological polar surface area (TPSA) is 68.3 Å². The molecular weight excluding hydrogens is 303 g/mol. The van der Waals surface area contributed by atoms with E-state index in [9.17, 15) is 19.2 Å². The summed E-state index contributed by atoms with van der Waals surface area (Å²) in [6, 6.07) is 4.67. The molecule has 0 aromatic heterocycles. The van der Waals surface area contributed by atoms with E-state index < -0.39 is 32.2 Å². The zero-order valence-corrected chi connectivity index (χ0v) is 11.2. The molecule has 20 heavy (non-hydrogen) atoms. The maximum absolute atomic E-state index is 12.4. The van der Waals surface area contributed by atoms with Gasteiger partial charge in [0.25, 0.3) is 0 Å². The van der Waals surface area contributed by atoms with Gasteiger partial charge in [-0.15, -0.1) is 0 Å². The lowest BCUT2D eigenvalue weighted by Crippen LogP contribution is -2.28. The van der Waals surface area contributed by atoms with E-state index in [1.807, 2.05) is 0 Å². The summed E-state index contributed by atoms with van der Waals surface area (Å²) in [5.41, 5.74) is -2.85. The molecule has 0 heterocycles. The fraction of sp³-hybridized carbons (Fsp3) is 0. The number of rotatable bonds is 0. The second kappa shape index (κ2) is 4.23. The number of benzene rings is 1. The maximum Gasteiger partial charge on any atom is 0.200 e. The Morgan fingerprint density at radius 1 is 0.600 bits per heavy atom.